The van der Waals surface area contributed by atoms with Crippen LogP contribution in [0.5, 0.6) is 0 Å². The van der Waals surface area contributed by atoms with Crippen LogP contribution in [0.1, 0.15) is 31.9 Å². The summed E-state index contributed by atoms with van der Waals surface area (Å²) in [5.74, 6) is -0.589. The molecule has 0 radical (unpaired) electrons. The summed E-state index contributed by atoms with van der Waals surface area (Å²) in [6.07, 6.45) is 3.12. The van der Waals surface area contributed by atoms with Crippen LogP contribution in [-0.4, -0.2) is 54.2 Å². The molecule has 4 bridgehead atoms. The first kappa shape index (κ1) is 29.9. The van der Waals surface area contributed by atoms with Crippen molar-refractivity contribution in [2.24, 2.45) is 28.6 Å². The highest BCUT2D eigenvalue weighted by molar-refractivity contribution is 9.09. The van der Waals surface area contributed by atoms with Gasteiger partial charge in [-0.3, -0.25) is 10.1 Å². The Balaban J connectivity index is 1.48. The number of nitrogens with one attached hydrogen (secondary N) is 1. The molecule has 5 rings (SSSR count). The van der Waals surface area contributed by atoms with Crippen LogP contribution in [0.3, 0.4) is 0 Å². The maximum absolute atomic E-state index is 13.1. The number of esters is 1. The SMILES string of the molecule is C=C[C@]12CN(C(=O)OC)[C@@H]3[C@@H](COC(=O)C(C)(C)C)[C@H]1[C@H](Br)C=C(c1ccccc1NC(=O)OCc1ccccc1)[C@@H]32. The smallest absolute Gasteiger partial charge is 0.411 e. The summed E-state index contributed by atoms with van der Waals surface area (Å²) in [5, 5.41) is 2.93. The molecular formula is C33H37BrN2O6. The van der Waals surface area contributed by atoms with Crippen LogP contribution < -0.4 is 5.32 Å². The molecule has 6 atom stereocenters. The fourth-order valence-electron chi connectivity index (χ4n) is 6.98. The average molecular weight is 638 g/mol. The molecule has 0 aromatic heterocycles. The monoisotopic (exact) mass is 636 g/mol. The lowest BCUT2D eigenvalue weighted by molar-refractivity contribution is -0.155. The molecule has 2 aromatic carbocycles. The van der Waals surface area contributed by atoms with E-state index in [9.17, 15) is 14.4 Å². The number of rotatable bonds is 7. The van der Waals surface area contributed by atoms with Gasteiger partial charge in [0.15, 0.2) is 0 Å². The third-order valence-corrected chi connectivity index (χ3v) is 9.59. The van der Waals surface area contributed by atoms with Gasteiger partial charge in [-0.05, 0) is 43.9 Å². The molecule has 3 aliphatic rings. The van der Waals surface area contributed by atoms with Gasteiger partial charge in [-0.1, -0.05) is 76.6 Å². The molecule has 0 spiro atoms. The van der Waals surface area contributed by atoms with Gasteiger partial charge in [-0.2, -0.15) is 0 Å². The van der Waals surface area contributed by atoms with Gasteiger partial charge in [0.05, 0.1) is 24.8 Å². The Morgan fingerprint density at radius 1 is 1.10 bits per heavy atom. The Kier molecular flexibility index (Phi) is 8.25. The second-order valence-corrected chi connectivity index (χ2v) is 13.3. The number of hydrogen-bond acceptors (Lipinski definition) is 6. The fraction of sp³-hybridized carbons (Fsp3) is 0.424. The van der Waals surface area contributed by atoms with Crippen molar-refractivity contribution in [2.75, 3.05) is 25.6 Å². The van der Waals surface area contributed by atoms with Crippen molar-refractivity contribution in [1.29, 1.82) is 0 Å². The summed E-state index contributed by atoms with van der Waals surface area (Å²) in [5.41, 5.74) is 2.15. The summed E-state index contributed by atoms with van der Waals surface area (Å²) in [6, 6.07) is 16.8. The molecule has 1 saturated carbocycles. The largest absolute Gasteiger partial charge is 0.465 e. The van der Waals surface area contributed by atoms with Crippen molar-refractivity contribution < 1.29 is 28.6 Å². The summed E-state index contributed by atoms with van der Waals surface area (Å²) in [7, 11) is 1.37. The number of carbonyl (C=O) groups is 3. The summed E-state index contributed by atoms with van der Waals surface area (Å²) in [4.78, 5) is 40.4. The molecule has 8 nitrogen and oxygen atoms in total. The molecule has 1 N–H and O–H groups in total. The number of hydrogen-bond donors (Lipinski definition) is 1. The lowest BCUT2D eigenvalue weighted by Gasteiger charge is -2.45. The van der Waals surface area contributed by atoms with Crippen LogP contribution in [0.2, 0.25) is 0 Å². The van der Waals surface area contributed by atoms with Gasteiger partial charge >= 0.3 is 18.2 Å². The number of anilines is 1. The van der Waals surface area contributed by atoms with Gasteiger partial charge in [0, 0.05) is 40.2 Å². The quantitative estimate of drug-likeness (QED) is 0.158. The third kappa shape index (κ3) is 5.23. The number of ether oxygens (including phenoxy) is 3. The number of benzene rings is 2. The van der Waals surface area contributed by atoms with Gasteiger partial charge in [-0.15, -0.1) is 6.58 Å². The Labute approximate surface area is 255 Å². The highest BCUT2D eigenvalue weighted by Gasteiger charge is 2.71. The van der Waals surface area contributed by atoms with Crippen LogP contribution in [0.4, 0.5) is 15.3 Å². The van der Waals surface area contributed by atoms with Crippen LogP contribution >= 0.6 is 15.9 Å². The Hall–Kier alpha value is -3.59. The number of allylic oxidation sites excluding steroid dienone is 1. The van der Waals surface area contributed by atoms with E-state index in [0.29, 0.717) is 12.2 Å². The van der Waals surface area contributed by atoms with Crippen molar-refractivity contribution in [1.82, 2.24) is 4.90 Å². The molecule has 2 aliphatic carbocycles. The van der Waals surface area contributed by atoms with Crippen LogP contribution in [0, 0.1) is 28.6 Å². The normalized spacial score (nSPS) is 27.6. The number of halogens is 1. The first-order valence-corrected chi connectivity index (χ1v) is 15.0. The molecule has 222 valence electrons. The van der Waals surface area contributed by atoms with E-state index in [0.717, 1.165) is 16.7 Å². The topological polar surface area (TPSA) is 94.2 Å². The van der Waals surface area contributed by atoms with E-state index in [4.69, 9.17) is 14.2 Å². The fourth-order valence-corrected chi connectivity index (χ4v) is 8.14. The van der Waals surface area contributed by atoms with E-state index < -0.39 is 23.0 Å². The highest BCUT2D eigenvalue weighted by Crippen LogP contribution is 2.68. The van der Waals surface area contributed by atoms with Gasteiger partial charge in [-0.25, -0.2) is 9.59 Å². The number of methoxy groups -OCH3 is 1. The number of likely N-dealkylation sites (tertiary alicyclic amines) is 1. The zero-order chi connectivity index (χ0) is 30.2. The minimum absolute atomic E-state index is 0.0263. The van der Waals surface area contributed by atoms with Crippen molar-refractivity contribution in [2.45, 2.75) is 38.2 Å². The van der Waals surface area contributed by atoms with E-state index in [1.807, 2.05) is 81.4 Å². The Morgan fingerprint density at radius 2 is 1.79 bits per heavy atom. The number of amides is 2. The van der Waals surface area contributed by atoms with Crippen molar-refractivity contribution in [3.05, 3.63) is 84.5 Å². The minimum atomic E-state index is -0.651. The molecule has 42 heavy (non-hydrogen) atoms. The van der Waals surface area contributed by atoms with Gasteiger partial charge in [0.1, 0.15) is 6.61 Å². The van der Waals surface area contributed by atoms with E-state index in [-0.39, 0.29) is 47.8 Å². The van der Waals surface area contributed by atoms with Crippen molar-refractivity contribution >= 4 is 45.3 Å². The van der Waals surface area contributed by atoms with Crippen LogP contribution in [0.15, 0.2) is 73.3 Å². The number of para-hydroxylation sites is 1. The maximum atomic E-state index is 13.1. The molecular weight excluding hydrogens is 600 g/mol. The van der Waals surface area contributed by atoms with Gasteiger partial charge in [0.25, 0.3) is 0 Å². The second-order valence-electron chi connectivity index (χ2n) is 12.2. The number of piperidine rings is 1. The molecule has 2 amide bonds. The van der Waals surface area contributed by atoms with Gasteiger partial charge < -0.3 is 19.1 Å². The third-order valence-electron chi connectivity index (χ3n) is 8.76. The lowest BCUT2D eigenvalue weighted by Crippen LogP contribution is -2.52. The van der Waals surface area contributed by atoms with Crippen molar-refractivity contribution in [3.8, 4) is 0 Å². The summed E-state index contributed by atoms with van der Waals surface area (Å²) in [6.45, 7) is 10.5. The lowest BCUT2D eigenvalue weighted by atomic mass is 9.64. The average Bonchev–Trinajstić information content (AvgIpc) is 3.42. The van der Waals surface area contributed by atoms with E-state index in [1.165, 1.54) is 7.11 Å². The molecule has 2 aromatic rings. The molecule has 1 saturated heterocycles. The number of alkyl halides is 1. The molecule has 9 heteroatoms. The maximum Gasteiger partial charge on any atom is 0.411 e. The van der Waals surface area contributed by atoms with E-state index in [2.05, 4.69) is 33.9 Å². The first-order valence-electron chi connectivity index (χ1n) is 14.1. The Morgan fingerprint density at radius 3 is 2.45 bits per heavy atom. The molecule has 1 aliphatic heterocycles. The Bertz CT molecular complexity index is 1400. The summed E-state index contributed by atoms with van der Waals surface area (Å²) < 4.78 is 16.6. The highest BCUT2D eigenvalue weighted by atomic mass is 79.9. The molecule has 0 unspecified atom stereocenters. The van der Waals surface area contributed by atoms with Crippen molar-refractivity contribution in [3.63, 3.8) is 0 Å². The van der Waals surface area contributed by atoms with Crippen LogP contribution in [-0.2, 0) is 25.6 Å². The van der Waals surface area contributed by atoms with Gasteiger partial charge in [0.2, 0.25) is 0 Å². The predicted octanol–water partition coefficient (Wildman–Crippen LogP) is 6.67. The zero-order valence-electron chi connectivity index (χ0n) is 24.3. The standard InChI is InChI=1S/C33H37BrN2O6/c1-6-33-19-36(31(39)40-5)28-23(18-41-29(37)32(2,3)4)26(33)24(34)16-22(27(28)33)21-14-10-11-15-25(21)35-30(38)42-17-20-12-8-7-9-13-20/h6-16,23-24,26-28H,1,17-19H2,2-5H3,(H,35,38)/t23-,24+,26-,27-,28+,33-/m0/s1. The second kappa shape index (κ2) is 11.6. The summed E-state index contributed by atoms with van der Waals surface area (Å²) >= 11 is 3.93. The zero-order valence-corrected chi connectivity index (χ0v) is 25.9. The van der Waals surface area contributed by atoms with Crippen LogP contribution in [0.25, 0.3) is 5.57 Å². The predicted molar refractivity (Wildman–Crippen MR) is 164 cm³/mol. The van der Waals surface area contributed by atoms with E-state index >= 15 is 0 Å². The molecule has 1 heterocycles. The number of nitrogens with zero attached hydrogens (tertiary/aromatic N) is 1. The minimum Gasteiger partial charge on any atom is -0.465 e. The van der Waals surface area contributed by atoms with E-state index in [1.54, 1.807) is 4.90 Å². The first-order chi connectivity index (χ1) is 20.0. The number of carbonyl (C=O) groups excluding carboxylic acids is 3. The molecule has 2 fully saturated rings.